The molecule has 0 aliphatic carbocycles. The Bertz CT molecular complexity index is 894. The largest absolute Gasteiger partial charge is 0.506 e. The zero-order valence-corrected chi connectivity index (χ0v) is 20.1. The van der Waals surface area contributed by atoms with Crippen molar-refractivity contribution < 1.29 is 22.8 Å². The van der Waals surface area contributed by atoms with Crippen LogP contribution in [0.25, 0.3) is 0 Å². The van der Waals surface area contributed by atoms with Gasteiger partial charge in [0, 0.05) is 0 Å². The summed E-state index contributed by atoms with van der Waals surface area (Å²) in [4.78, 5) is -0.597. The number of para-hydroxylation sites is 1. The molecule has 0 bridgehead atoms. The van der Waals surface area contributed by atoms with Crippen LogP contribution in [-0.2, 0) is 16.5 Å². The Morgan fingerprint density at radius 3 is 1.84 bits per heavy atom. The molecule has 0 saturated heterocycles. The molecule has 0 heterocycles. The minimum atomic E-state index is -4.62. The predicted octanol–water partition coefficient (Wildman–Crippen LogP) is 7.67. The topological polar surface area (TPSA) is 83.8 Å². The molecule has 0 saturated carbocycles. The van der Waals surface area contributed by atoms with Crippen molar-refractivity contribution in [3.05, 3.63) is 48.0 Å². The van der Waals surface area contributed by atoms with Crippen molar-refractivity contribution >= 4 is 10.1 Å². The second kappa shape index (κ2) is 14.2. The highest BCUT2D eigenvalue weighted by molar-refractivity contribution is 7.86. The fraction of sp³-hybridized carbons (Fsp3) is 0.538. The normalized spacial score (nSPS) is 11.6. The van der Waals surface area contributed by atoms with Crippen LogP contribution in [0.2, 0.25) is 0 Å². The van der Waals surface area contributed by atoms with E-state index in [9.17, 15) is 18.1 Å². The molecule has 178 valence electrons. The van der Waals surface area contributed by atoms with E-state index < -0.39 is 20.8 Å². The van der Waals surface area contributed by atoms with E-state index in [1.807, 2.05) is 6.07 Å². The molecule has 0 aliphatic heterocycles. The van der Waals surface area contributed by atoms with Gasteiger partial charge in [-0.1, -0.05) is 95.8 Å². The van der Waals surface area contributed by atoms with Crippen LogP contribution >= 0.6 is 0 Å². The number of hydrogen-bond acceptors (Lipinski definition) is 4. The molecule has 2 aromatic rings. The minimum Gasteiger partial charge on any atom is -0.506 e. The molecule has 0 amide bonds. The fourth-order valence-corrected chi connectivity index (χ4v) is 4.59. The lowest BCUT2D eigenvalue weighted by Crippen LogP contribution is -2.03. The maximum absolute atomic E-state index is 11.8. The van der Waals surface area contributed by atoms with Crippen molar-refractivity contribution in [3.63, 3.8) is 0 Å². The molecule has 5 nitrogen and oxygen atoms in total. The summed E-state index contributed by atoms with van der Waals surface area (Å²) in [6.45, 7) is 2.24. The molecule has 32 heavy (non-hydrogen) atoms. The van der Waals surface area contributed by atoms with Crippen molar-refractivity contribution in [2.24, 2.45) is 0 Å². The Hall–Kier alpha value is -2.05. The molecule has 2 N–H and O–H groups in total. The number of benzene rings is 2. The van der Waals surface area contributed by atoms with Crippen LogP contribution < -0.4 is 4.74 Å². The smallest absolute Gasteiger partial charge is 0.301 e. The Balaban J connectivity index is 1.80. The number of aryl methyl sites for hydroxylation is 1. The van der Waals surface area contributed by atoms with Crippen LogP contribution in [0.4, 0.5) is 0 Å². The van der Waals surface area contributed by atoms with Crippen LogP contribution in [0.15, 0.2) is 47.4 Å². The summed E-state index contributed by atoms with van der Waals surface area (Å²) >= 11 is 0. The lowest BCUT2D eigenvalue weighted by atomic mass is 10.0. The van der Waals surface area contributed by atoms with Crippen LogP contribution in [-0.4, -0.2) is 18.1 Å². The average molecular weight is 463 g/mol. The lowest BCUT2D eigenvalue weighted by Gasteiger charge is -2.13. The summed E-state index contributed by atoms with van der Waals surface area (Å²) in [7, 11) is -4.62. The average Bonchev–Trinajstić information content (AvgIpc) is 2.74. The van der Waals surface area contributed by atoms with Crippen LogP contribution in [0, 0.1) is 0 Å². The highest BCUT2D eigenvalue weighted by Crippen LogP contribution is 2.37. The maximum atomic E-state index is 11.8. The van der Waals surface area contributed by atoms with Gasteiger partial charge in [0.25, 0.3) is 0 Å². The first kappa shape index (κ1) is 26.2. The van der Waals surface area contributed by atoms with E-state index >= 15 is 0 Å². The zero-order chi connectivity index (χ0) is 23.2. The quantitative estimate of drug-likeness (QED) is 0.197. The van der Waals surface area contributed by atoms with Gasteiger partial charge in [0.05, 0.1) is 0 Å². The van der Waals surface area contributed by atoms with Gasteiger partial charge in [-0.2, -0.15) is 8.42 Å². The summed E-state index contributed by atoms with van der Waals surface area (Å²) in [5.41, 5.74) is 0.785. The Morgan fingerprint density at radius 2 is 1.31 bits per heavy atom. The van der Waals surface area contributed by atoms with Crippen molar-refractivity contribution in [2.45, 2.75) is 95.3 Å². The summed E-state index contributed by atoms with van der Waals surface area (Å²) in [6, 6.07) is 11.7. The van der Waals surface area contributed by atoms with Crippen LogP contribution in [0.5, 0.6) is 17.2 Å². The lowest BCUT2D eigenvalue weighted by molar-refractivity contribution is 0.414. The van der Waals surface area contributed by atoms with Gasteiger partial charge in [0.15, 0.2) is 10.6 Å². The van der Waals surface area contributed by atoms with Gasteiger partial charge in [0.2, 0.25) is 0 Å². The van der Waals surface area contributed by atoms with Gasteiger partial charge in [-0.25, -0.2) is 0 Å². The molecule has 0 spiro atoms. The third-order valence-corrected chi connectivity index (χ3v) is 6.57. The van der Waals surface area contributed by atoms with Crippen molar-refractivity contribution in [2.75, 3.05) is 0 Å². The number of rotatable bonds is 16. The van der Waals surface area contributed by atoms with Gasteiger partial charge >= 0.3 is 10.1 Å². The molecule has 0 aromatic heterocycles. The van der Waals surface area contributed by atoms with Gasteiger partial charge in [-0.05, 0) is 42.7 Å². The minimum absolute atomic E-state index is 0.0624. The van der Waals surface area contributed by atoms with Crippen molar-refractivity contribution in [1.29, 1.82) is 0 Å². The summed E-state index contributed by atoms with van der Waals surface area (Å²) in [6.07, 6.45) is 15.9. The number of unbranched alkanes of at least 4 members (excludes halogenated alkanes) is 11. The van der Waals surface area contributed by atoms with E-state index in [0.717, 1.165) is 18.4 Å². The van der Waals surface area contributed by atoms with Crippen LogP contribution in [0.1, 0.15) is 89.5 Å². The first-order valence-electron chi connectivity index (χ1n) is 12.0. The second-order valence-electron chi connectivity index (χ2n) is 8.47. The standard InChI is InChI=1S/C26H38O5S/c1-2-3-4-5-6-7-8-9-10-11-12-14-17-22-20-24(27)26(32(28,29)30)25(21-22)31-23-18-15-13-16-19-23/h13,15-16,18-21,27H,2-12,14,17H2,1H3,(H,28,29,30). The summed E-state index contributed by atoms with van der Waals surface area (Å²) in [5.74, 6) is -0.123. The van der Waals surface area contributed by atoms with E-state index in [4.69, 9.17) is 4.74 Å². The Kier molecular flexibility index (Phi) is 11.6. The van der Waals surface area contributed by atoms with E-state index in [2.05, 4.69) is 6.92 Å². The summed E-state index contributed by atoms with van der Waals surface area (Å²) < 4.78 is 38.7. The molecule has 6 heteroatoms. The molecule has 0 radical (unpaired) electrons. The fourth-order valence-electron chi connectivity index (χ4n) is 3.91. The monoisotopic (exact) mass is 462 g/mol. The molecule has 0 unspecified atom stereocenters. The zero-order valence-electron chi connectivity index (χ0n) is 19.3. The maximum Gasteiger partial charge on any atom is 0.301 e. The van der Waals surface area contributed by atoms with Crippen molar-refractivity contribution in [3.8, 4) is 17.2 Å². The van der Waals surface area contributed by atoms with Gasteiger partial charge in [-0.3, -0.25) is 4.55 Å². The number of aromatic hydroxyl groups is 1. The van der Waals surface area contributed by atoms with E-state index in [-0.39, 0.29) is 5.75 Å². The number of phenols is 1. The Labute approximate surface area is 193 Å². The molecule has 0 aliphatic rings. The SMILES string of the molecule is CCCCCCCCCCCCCCc1cc(O)c(S(=O)(=O)O)c(Oc2ccccc2)c1. The highest BCUT2D eigenvalue weighted by Gasteiger charge is 2.23. The number of hydrogen-bond donors (Lipinski definition) is 2. The third-order valence-electron chi connectivity index (χ3n) is 5.64. The molecule has 0 atom stereocenters. The predicted molar refractivity (Wildman–Crippen MR) is 129 cm³/mol. The van der Waals surface area contributed by atoms with Gasteiger partial charge in [0.1, 0.15) is 11.5 Å². The highest BCUT2D eigenvalue weighted by atomic mass is 32.2. The number of ether oxygens (including phenoxy) is 1. The van der Waals surface area contributed by atoms with E-state index in [1.54, 1.807) is 30.3 Å². The molecular weight excluding hydrogens is 424 g/mol. The molecular formula is C26H38O5S. The first-order chi connectivity index (χ1) is 15.4. The number of phenolic OH excluding ortho intramolecular Hbond substituents is 1. The molecule has 2 rings (SSSR count). The molecule has 0 fully saturated rings. The Morgan fingerprint density at radius 1 is 0.781 bits per heavy atom. The first-order valence-corrected chi connectivity index (χ1v) is 13.4. The van der Waals surface area contributed by atoms with E-state index in [0.29, 0.717) is 12.2 Å². The molecule has 2 aromatic carbocycles. The van der Waals surface area contributed by atoms with E-state index in [1.165, 1.54) is 70.3 Å². The van der Waals surface area contributed by atoms with Crippen molar-refractivity contribution in [1.82, 2.24) is 0 Å². The van der Waals surface area contributed by atoms with Crippen LogP contribution in [0.3, 0.4) is 0 Å². The van der Waals surface area contributed by atoms with Gasteiger partial charge < -0.3 is 9.84 Å². The second-order valence-corrected chi connectivity index (χ2v) is 9.83. The third kappa shape index (κ3) is 9.61. The van der Waals surface area contributed by atoms with Gasteiger partial charge in [-0.15, -0.1) is 0 Å². The summed E-state index contributed by atoms with van der Waals surface area (Å²) in [5, 5.41) is 10.3.